The molecule has 7 nitrogen and oxygen atoms in total. The van der Waals surface area contributed by atoms with Gasteiger partial charge >= 0.3 is 6.01 Å². The van der Waals surface area contributed by atoms with E-state index in [1.54, 1.807) is 42.6 Å². The Morgan fingerprint density at radius 3 is 2.59 bits per heavy atom. The van der Waals surface area contributed by atoms with Gasteiger partial charge in [0.2, 0.25) is 0 Å². The number of aromatic amines is 1. The topological polar surface area (TPSA) is 96.0 Å². The van der Waals surface area contributed by atoms with E-state index in [-0.39, 0.29) is 17.6 Å². The molecule has 3 N–H and O–H groups in total. The third-order valence-electron chi connectivity index (χ3n) is 5.48. The van der Waals surface area contributed by atoms with E-state index in [4.69, 9.17) is 9.72 Å². The Labute approximate surface area is 184 Å². The van der Waals surface area contributed by atoms with Gasteiger partial charge in [-0.25, -0.2) is 14.4 Å². The molecule has 2 aromatic carbocycles. The van der Waals surface area contributed by atoms with Crippen LogP contribution in [0.25, 0.3) is 22.6 Å². The van der Waals surface area contributed by atoms with E-state index in [2.05, 4.69) is 20.3 Å². The molecule has 1 saturated heterocycles. The molecule has 8 heteroatoms. The molecule has 32 heavy (non-hydrogen) atoms. The van der Waals surface area contributed by atoms with Crippen molar-refractivity contribution in [2.75, 3.05) is 13.1 Å². The van der Waals surface area contributed by atoms with E-state index in [1.165, 1.54) is 18.2 Å². The highest BCUT2D eigenvalue weighted by atomic mass is 19.1. The van der Waals surface area contributed by atoms with Gasteiger partial charge in [0.1, 0.15) is 23.1 Å². The van der Waals surface area contributed by atoms with E-state index in [0.29, 0.717) is 23.1 Å². The smallest absolute Gasteiger partial charge is 0.322 e. The number of imidazole rings is 1. The summed E-state index contributed by atoms with van der Waals surface area (Å²) in [7, 11) is 0. The summed E-state index contributed by atoms with van der Waals surface area (Å²) in [5.41, 5.74) is 2.85. The summed E-state index contributed by atoms with van der Waals surface area (Å²) in [6.45, 7) is 1.89. The van der Waals surface area contributed by atoms with Crippen LogP contribution in [0.2, 0.25) is 0 Å². The molecule has 0 bridgehead atoms. The molecule has 3 heterocycles. The second-order valence-corrected chi connectivity index (χ2v) is 7.70. The summed E-state index contributed by atoms with van der Waals surface area (Å²) in [5.74, 6) is 1.44. The molecular formula is C24H22FN5O2. The lowest BCUT2D eigenvalue weighted by Gasteiger charge is -2.20. The van der Waals surface area contributed by atoms with Crippen molar-refractivity contribution >= 4 is 0 Å². The summed E-state index contributed by atoms with van der Waals surface area (Å²) in [6, 6.07) is 14.7. The van der Waals surface area contributed by atoms with Gasteiger partial charge in [-0.1, -0.05) is 6.07 Å². The molecule has 1 aliphatic rings. The zero-order valence-corrected chi connectivity index (χ0v) is 17.3. The van der Waals surface area contributed by atoms with Crippen molar-refractivity contribution in [3.8, 4) is 40.2 Å². The maximum atomic E-state index is 13.5. The van der Waals surface area contributed by atoms with Gasteiger partial charge in [0.15, 0.2) is 0 Å². The van der Waals surface area contributed by atoms with Crippen LogP contribution < -0.4 is 10.1 Å². The number of hydrogen-bond donors (Lipinski definition) is 3. The van der Waals surface area contributed by atoms with Gasteiger partial charge in [-0.3, -0.25) is 0 Å². The minimum Gasteiger partial charge on any atom is -0.508 e. The first-order chi connectivity index (χ1) is 15.7. The van der Waals surface area contributed by atoms with E-state index >= 15 is 0 Å². The second-order valence-electron chi connectivity index (χ2n) is 7.70. The molecule has 0 amide bonds. The van der Waals surface area contributed by atoms with Gasteiger partial charge in [0.05, 0.1) is 17.1 Å². The predicted molar refractivity (Wildman–Crippen MR) is 118 cm³/mol. The van der Waals surface area contributed by atoms with Gasteiger partial charge < -0.3 is 20.1 Å². The van der Waals surface area contributed by atoms with Crippen molar-refractivity contribution in [2.45, 2.75) is 18.8 Å². The highest BCUT2D eigenvalue weighted by Crippen LogP contribution is 2.34. The number of piperidine rings is 1. The van der Waals surface area contributed by atoms with Crippen molar-refractivity contribution in [3.63, 3.8) is 0 Å². The lowest BCUT2D eigenvalue weighted by atomic mass is 9.98. The molecule has 162 valence electrons. The van der Waals surface area contributed by atoms with E-state index in [0.717, 1.165) is 43.0 Å². The first-order valence-corrected chi connectivity index (χ1v) is 10.5. The zero-order chi connectivity index (χ0) is 21.9. The number of rotatable bonds is 5. The van der Waals surface area contributed by atoms with Crippen LogP contribution in [0.4, 0.5) is 4.39 Å². The Hall–Kier alpha value is -3.78. The summed E-state index contributed by atoms with van der Waals surface area (Å²) in [4.78, 5) is 17.1. The summed E-state index contributed by atoms with van der Waals surface area (Å²) in [6.07, 6.45) is 3.59. The lowest BCUT2D eigenvalue weighted by molar-refractivity contribution is 0.431. The highest BCUT2D eigenvalue weighted by molar-refractivity contribution is 5.76. The molecular weight excluding hydrogens is 409 g/mol. The zero-order valence-electron chi connectivity index (χ0n) is 17.3. The molecule has 4 aromatic rings. The van der Waals surface area contributed by atoms with Crippen molar-refractivity contribution < 1.29 is 14.2 Å². The normalized spacial score (nSPS) is 14.4. The van der Waals surface area contributed by atoms with Crippen LogP contribution in [0, 0.1) is 5.82 Å². The minimum atomic E-state index is -0.298. The number of halogens is 1. The Balaban J connectivity index is 1.54. The lowest BCUT2D eigenvalue weighted by Crippen LogP contribution is -2.27. The monoisotopic (exact) mass is 431 g/mol. The fourth-order valence-electron chi connectivity index (χ4n) is 3.86. The molecule has 0 unspecified atom stereocenters. The number of nitrogens with one attached hydrogen (secondary N) is 2. The number of hydrogen-bond acceptors (Lipinski definition) is 6. The standard InChI is InChI=1S/C24H22FN5O2/c25-17-6-4-15(5-7-17)21-22(30-23(29-21)16-8-11-26-12-9-16)20-10-13-27-24(28-20)32-19-3-1-2-18(31)14-19/h1-7,10,13-14,16,26,31H,8-9,11-12H2,(H,29,30). The number of H-pyrrole nitrogens is 1. The van der Waals surface area contributed by atoms with Gasteiger partial charge in [-0.2, -0.15) is 4.98 Å². The second kappa shape index (κ2) is 8.76. The Kier molecular flexibility index (Phi) is 5.51. The van der Waals surface area contributed by atoms with Gasteiger partial charge in [-0.15, -0.1) is 0 Å². The van der Waals surface area contributed by atoms with E-state index in [9.17, 15) is 9.50 Å². The number of phenolic OH excluding ortho intramolecular Hbond substituents is 1. The van der Waals surface area contributed by atoms with Crippen LogP contribution in [0.5, 0.6) is 17.5 Å². The first kappa shape index (κ1) is 20.1. The molecule has 2 aromatic heterocycles. The molecule has 0 atom stereocenters. The first-order valence-electron chi connectivity index (χ1n) is 10.5. The average molecular weight is 431 g/mol. The third kappa shape index (κ3) is 4.31. The van der Waals surface area contributed by atoms with Gasteiger partial charge in [0.25, 0.3) is 0 Å². The number of benzene rings is 2. The number of ether oxygens (including phenoxy) is 1. The molecule has 0 saturated carbocycles. The molecule has 1 fully saturated rings. The Bertz CT molecular complexity index is 1220. The number of aromatic nitrogens is 4. The number of phenols is 1. The van der Waals surface area contributed by atoms with Crippen LogP contribution in [0.15, 0.2) is 60.8 Å². The third-order valence-corrected chi connectivity index (χ3v) is 5.48. The fraction of sp³-hybridized carbons (Fsp3) is 0.208. The van der Waals surface area contributed by atoms with Crippen LogP contribution >= 0.6 is 0 Å². The molecule has 0 radical (unpaired) electrons. The minimum absolute atomic E-state index is 0.0948. The fourth-order valence-corrected chi connectivity index (χ4v) is 3.86. The summed E-state index contributed by atoms with van der Waals surface area (Å²) >= 11 is 0. The van der Waals surface area contributed by atoms with Crippen molar-refractivity contribution in [2.24, 2.45) is 0 Å². The van der Waals surface area contributed by atoms with E-state index < -0.39 is 0 Å². The van der Waals surface area contributed by atoms with Crippen molar-refractivity contribution in [1.82, 2.24) is 25.3 Å². The molecule has 5 rings (SSSR count). The molecule has 0 aliphatic carbocycles. The maximum Gasteiger partial charge on any atom is 0.322 e. The Morgan fingerprint density at radius 1 is 1.00 bits per heavy atom. The Morgan fingerprint density at radius 2 is 1.81 bits per heavy atom. The van der Waals surface area contributed by atoms with E-state index in [1.807, 2.05) is 0 Å². The number of nitrogens with zero attached hydrogens (tertiary/aromatic N) is 3. The predicted octanol–water partition coefficient (Wildman–Crippen LogP) is 4.64. The van der Waals surface area contributed by atoms with Gasteiger partial charge in [0, 0.05) is 23.7 Å². The summed E-state index contributed by atoms with van der Waals surface area (Å²) in [5, 5.41) is 13.0. The molecule has 0 spiro atoms. The maximum absolute atomic E-state index is 13.5. The SMILES string of the molecule is Oc1cccc(Oc2nccc(-c3[nH]c(C4CCNCC4)nc3-c3ccc(F)cc3)n2)c1. The highest BCUT2D eigenvalue weighted by Gasteiger charge is 2.23. The quantitative estimate of drug-likeness (QED) is 0.426. The van der Waals surface area contributed by atoms with Crippen LogP contribution in [-0.2, 0) is 0 Å². The summed E-state index contributed by atoms with van der Waals surface area (Å²) < 4.78 is 19.3. The van der Waals surface area contributed by atoms with Crippen molar-refractivity contribution in [1.29, 1.82) is 0 Å². The largest absolute Gasteiger partial charge is 0.508 e. The van der Waals surface area contributed by atoms with Crippen LogP contribution in [0.3, 0.4) is 0 Å². The van der Waals surface area contributed by atoms with Crippen molar-refractivity contribution in [3.05, 3.63) is 72.4 Å². The van der Waals surface area contributed by atoms with Crippen LogP contribution in [0.1, 0.15) is 24.6 Å². The van der Waals surface area contributed by atoms with Gasteiger partial charge in [-0.05, 0) is 68.4 Å². The molecule has 1 aliphatic heterocycles. The van der Waals surface area contributed by atoms with Crippen LogP contribution in [-0.4, -0.2) is 38.1 Å². The average Bonchev–Trinajstić information content (AvgIpc) is 3.26. The number of aromatic hydroxyl groups is 1.